The van der Waals surface area contributed by atoms with E-state index in [9.17, 15) is 9.59 Å². The summed E-state index contributed by atoms with van der Waals surface area (Å²) < 4.78 is 10.3. The van der Waals surface area contributed by atoms with E-state index in [1.54, 1.807) is 18.2 Å². The van der Waals surface area contributed by atoms with E-state index in [4.69, 9.17) is 19.7 Å². The molecule has 1 aliphatic rings. The van der Waals surface area contributed by atoms with Gasteiger partial charge in [0.25, 0.3) is 5.91 Å². The van der Waals surface area contributed by atoms with Crippen LogP contribution in [0.2, 0.25) is 0 Å². The molecule has 1 atom stereocenters. The number of carbonyl (C=O) groups is 2. The van der Waals surface area contributed by atoms with Gasteiger partial charge in [0.1, 0.15) is 0 Å². The zero-order valence-electron chi connectivity index (χ0n) is 9.96. The number of carbonyl (C=O) groups excluding carboxylic acids is 1. The van der Waals surface area contributed by atoms with Gasteiger partial charge in [-0.05, 0) is 18.2 Å². The number of ether oxygens (including phenoxy) is 2. The first-order valence-corrected chi connectivity index (χ1v) is 5.66. The minimum Gasteiger partial charge on any atom is -0.479 e. The molecule has 1 aromatic carbocycles. The molecule has 3 N–H and O–H groups in total. The van der Waals surface area contributed by atoms with Crippen LogP contribution in [0.3, 0.4) is 0 Å². The van der Waals surface area contributed by atoms with E-state index in [1.807, 2.05) is 0 Å². The van der Waals surface area contributed by atoms with Gasteiger partial charge in [-0.25, -0.2) is 4.79 Å². The molecule has 1 aliphatic heterocycles. The van der Waals surface area contributed by atoms with E-state index in [1.165, 1.54) is 0 Å². The average molecular weight is 267 g/mol. The van der Waals surface area contributed by atoms with Crippen LogP contribution in [0.5, 0.6) is 11.5 Å². The SMILES string of the molecule is O=C(NCCC(O)C(=O)O)c1ccc2c(c1)OCO2. The van der Waals surface area contributed by atoms with Crippen LogP contribution in [-0.2, 0) is 4.79 Å². The largest absolute Gasteiger partial charge is 0.479 e. The molecule has 0 saturated carbocycles. The Bertz CT molecular complexity index is 501. The Labute approximate surface area is 108 Å². The van der Waals surface area contributed by atoms with Crippen molar-refractivity contribution < 1.29 is 29.3 Å². The number of aliphatic hydroxyl groups is 1. The number of hydrogen-bond donors (Lipinski definition) is 3. The molecule has 1 amide bonds. The number of nitrogens with one attached hydrogen (secondary N) is 1. The number of aliphatic carboxylic acids is 1. The van der Waals surface area contributed by atoms with E-state index >= 15 is 0 Å². The highest BCUT2D eigenvalue weighted by Gasteiger charge is 2.17. The first kappa shape index (κ1) is 13.2. The molecular formula is C12H13NO6. The van der Waals surface area contributed by atoms with Crippen molar-refractivity contribution >= 4 is 11.9 Å². The third kappa shape index (κ3) is 3.14. The van der Waals surface area contributed by atoms with Gasteiger partial charge in [-0.2, -0.15) is 0 Å². The van der Waals surface area contributed by atoms with Gasteiger partial charge in [0.05, 0.1) is 0 Å². The first-order valence-electron chi connectivity index (χ1n) is 5.66. The summed E-state index contributed by atoms with van der Waals surface area (Å²) in [6.07, 6.45) is -1.52. The van der Waals surface area contributed by atoms with E-state index in [0.29, 0.717) is 17.1 Å². The molecule has 7 nitrogen and oxygen atoms in total. The standard InChI is InChI=1S/C12H13NO6/c14-8(12(16)17)3-4-13-11(15)7-1-2-9-10(5-7)19-6-18-9/h1-2,5,8,14H,3-4,6H2,(H,13,15)(H,16,17). The fourth-order valence-electron chi connectivity index (χ4n) is 1.59. The van der Waals surface area contributed by atoms with Gasteiger partial charge in [0.15, 0.2) is 17.6 Å². The van der Waals surface area contributed by atoms with Gasteiger partial charge in [0.2, 0.25) is 6.79 Å². The fourth-order valence-corrected chi connectivity index (χ4v) is 1.59. The maximum absolute atomic E-state index is 11.8. The number of amides is 1. The molecule has 1 heterocycles. The second-order valence-electron chi connectivity index (χ2n) is 3.97. The molecule has 0 radical (unpaired) electrons. The molecule has 1 unspecified atom stereocenters. The minimum absolute atomic E-state index is 0.0500. The first-order chi connectivity index (χ1) is 9.08. The lowest BCUT2D eigenvalue weighted by atomic mass is 10.2. The second-order valence-corrected chi connectivity index (χ2v) is 3.97. The van der Waals surface area contributed by atoms with Crippen molar-refractivity contribution in [1.29, 1.82) is 0 Å². The zero-order chi connectivity index (χ0) is 13.8. The maximum atomic E-state index is 11.8. The van der Waals surface area contributed by atoms with Gasteiger partial charge in [0, 0.05) is 18.5 Å². The molecule has 0 aliphatic carbocycles. The molecule has 7 heteroatoms. The Morgan fingerprint density at radius 3 is 2.79 bits per heavy atom. The Kier molecular flexibility index (Phi) is 3.86. The Balaban J connectivity index is 1.88. The molecular weight excluding hydrogens is 254 g/mol. The minimum atomic E-state index is -1.47. The number of carboxylic acid groups (broad SMARTS) is 1. The molecule has 1 aromatic rings. The predicted octanol–water partition coefficient (Wildman–Crippen LogP) is -0.0193. The summed E-state index contributed by atoms with van der Waals surface area (Å²) in [4.78, 5) is 22.1. The van der Waals surface area contributed by atoms with Crippen molar-refractivity contribution in [1.82, 2.24) is 5.32 Å². The zero-order valence-corrected chi connectivity index (χ0v) is 9.96. The van der Waals surface area contributed by atoms with Crippen molar-refractivity contribution in [3.05, 3.63) is 23.8 Å². The van der Waals surface area contributed by atoms with E-state index < -0.39 is 12.1 Å². The number of fused-ring (bicyclic) bond motifs is 1. The van der Waals surface area contributed by atoms with Crippen molar-refractivity contribution in [3.63, 3.8) is 0 Å². The normalized spacial score (nSPS) is 13.9. The van der Waals surface area contributed by atoms with Gasteiger partial charge < -0.3 is 25.0 Å². The highest BCUT2D eigenvalue weighted by atomic mass is 16.7. The predicted molar refractivity (Wildman–Crippen MR) is 63.2 cm³/mol. The van der Waals surface area contributed by atoms with Crippen molar-refractivity contribution in [3.8, 4) is 11.5 Å². The second kappa shape index (κ2) is 5.57. The van der Waals surface area contributed by atoms with E-state index in [2.05, 4.69) is 5.32 Å². The third-order valence-corrected chi connectivity index (χ3v) is 2.62. The molecule has 0 fully saturated rings. The fraction of sp³-hybridized carbons (Fsp3) is 0.333. The van der Waals surface area contributed by atoms with E-state index in [-0.39, 0.29) is 25.7 Å². The Hall–Kier alpha value is -2.28. The Morgan fingerprint density at radius 2 is 2.05 bits per heavy atom. The highest BCUT2D eigenvalue weighted by Crippen LogP contribution is 2.32. The van der Waals surface area contributed by atoms with Crippen LogP contribution in [0.25, 0.3) is 0 Å². The smallest absolute Gasteiger partial charge is 0.332 e. The summed E-state index contributed by atoms with van der Waals surface area (Å²) in [6, 6.07) is 4.76. The molecule has 0 aromatic heterocycles. The van der Waals surface area contributed by atoms with Crippen LogP contribution < -0.4 is 14.8 Å². The van der Waals surface area contributed by atoms with Gasteiger partial charge in [-0.15, -0.1) is 0 Å². The number of carboxylic acids is 1. The summed E-state index contributed by atoms with van der Waals surface area (Å²) in [5, 5.41) is 20.0. The average Bonchev–Trinajstić information content (AvgIpc) is 2.85. The molecule has 102 valence electrons. The summed E-state index contributed by atoms with van der Waals surface area (Å²) in [5.41, 5.74) is 0.383. The number of hydrogen-bond acceptors (Lipinski definition) is 5. The molecule has 2 rings (SSSR count). The summed E-state index contributed by atoms with van der Waals surface area (Å²) in [6.45, 7) is 0.200. The lowest BCUT2D eigenvalue weighted by Crippen LogP contribution is -2.30. The van der Waals surface area contributed by atoms with Crippen LogP contribution in [0, 0.1) is 0 Å². The van der Waals surface area contributed by atoms with Crippen LogP contribution in [0.1, 0.15) is 16.8 Å². The van der Waals surface area contributed by atoms with Crippen molar-refractivity contribution in [2.24, 2.45) is 0 Å². The molecule has 19 heavy (non-hydrogen) atoms. The van der Waals surface area contributed by atoms with Crippen LogP contribution in [0.4, 0.5) is 0 Å². The lowest BCUT2D eigenvalue weighted by molar-refractivity contribution is -0.146. The topological polar surface area (TPSA) is 105 Å². The number of rotatable bonds is 5. The van der Waals surface area contributed by atoms with Crippen LogP contribution in [0.15, 0.2) is 18.2 Å². The van der Waals surface area contributed by atoms with Gasteiger partial charge in [-0.3, -0.25) is 4.79 Å². The molecule has 0 saturated heterocycles. The van der Waals surface area contributed by atoms with Crippen LogP contribution >= 0.6 is 0 Å². The van der Waals surface area contributed by atoms with Gasteiger partial charge >= 0.3 is 5.97 Å². The summed E-state index contributed by atoms with van der Waals surface area (Å²) in [7, 11) is 0. The maximum Gasteiger partial charge on any atom is 0.332 e. The molecule has 0 spiro atoms. The summed E-state index contributed by atoms with van der Waals surface area (Å²) in [5.74, 6) is -0.593. The van der Waals surface area contributed by atoms with Crippen molar-refractivity contribution in [2.75, 3.05) is 13.3 Å². The molecule has 0 bridgehead atoms. The Morgan fingerprint density at radius 1 is 1.32 bits per heavy atom. The van der Waals surface area contributed by atoms with Crippen LogP contribution in [-0.4, -0.2) is 41.5 Å². The quantitative estimate of drug-likeness (QED) is 0.692. The highest BCUT2D eigenvalue weighted by molar-refractivity contribution is 5.94. The van der Waals surface area contributed by atoms with E-state index in [0.717, 1.165) is 0 Å². The van der Waals surface area contributed by atoms with Crippen molar-refractivity contribution in [2.45, 2.75) is 12.5 Å². The summed E-state index contributed by atoms with van der Waals surface area (Å²) >= 11 is 0. The monoisotopic (exact) mass is 267 g/mol. The third-order valence-electron chi connectivity index (χ3n) is 2.62. The number of benzene rings is 1. The van der Waals surface area contributed by atoms with Gasteiger partial charge in [-0.1, -0.05) is 0 Å². The lowest BCUT2D eigenvalue weighted by Gasteiger charge is -2.07. The number of aliphatic hydroxyl groups excluding tert-OH is 1.